The van der Waals surface area contributed by atoms with Crippen LogP contribution in [0.5, 0.6) is 0 Å². The monoisotopic (exact) mass is 341 g/mol. The van der Waals surface area contributed by atoms with Crippen LogP contribution in [0.4, 0.5) is 5.69 Å². The van der Waals surface area contributed by atoms with Gasteiger partial charge in [-0.05, 0) is 43.3 Å². The number of methoxy groups -OCH3 is 1. The van der Waals surface area contributed by atoms with E-state index in [-0.39, 0.29) is 0 Å². The summed E-state index contributed by atoms with van der Waals surface area (Å²) in [5, 5.41) is 4.94. The number of ether oxygens (including phenoxy) is 1. The van der Waals surface area contributed by atoms with Crippen molar-refractivity contribution < 1.29 is 4.74 Å². The fourth-order valence-electron chi connectivity index (χ4n) is 2.60. The first kappa shape index (κ1) is 17.3. The fraction of sp³-hybridized carbons (Fsp3) is 0.562. The highest BCUT2D eigenvalue weighted by Crippen LogP contribution is 2.25. The Morgan fingerprint density at radius 3 is 2.73 bits per heavy atom. The van der Waals surface area contributed by atoms with Crippen molar-refractivity contribution >= 4 is 34.6 Å². The van der Waals surface area contributed by atoms with E-state index in [2.05, 4.69) is 28.1 Å². The van der Waals surface area contributed by atoms with Crippen LogP contribution in [-0.2, 0) is 4.74 Å². The predicted molar refractivity (Wildman–Crippen MR) is 97.1 cm³/mol. The molecule has 0 unspecified atom stereocenters. The third kappa shape index (κ3) is 4.73. The molecule has 0 bridgehead atoms. The Kier molecular flexibility index (Phi) is 6.73. The summed E-state index contributed by atoms with van der Waals surface area (Å²) >= 11 is 11.6. The molecule has 122 valence electrons. The Morgan fingerprint density at radius 1 is 1.32 bits per heavy atom. The maximum absolute atomic E-state index is 6.12. The number of nitrogens with zero attached hydrogens (tertiary/aromatic N) is 2. The fourth-order valence-corrected chi connectivity index (χ4v) is 3.05. The minimum absolute atomic E-state index is 0.761. The molecule has 1 saturated heterocycles. The van der Waals surface area contributed by atoms with Gasteiger partial charge in [0.2, 0.25) is 0 Å². The van der Waals surface area contributed by atoms with Crippen LogP contribution in [0.1, 0.15) is 12.0 Å². The van der Waals surface area contributed by atoms with E-state index in [1.807, 2.05) is 12.1 Å². The summed E-state index contributed by atoms with van der Waals surface area (Å²) in [4.78, 5) is 4.61. The lowest BCUT2D eigenvalue weighted by Gasteiger charge is -2.38. The number of anilines is 1. The molecule has 22 heavy (non-hydrogen) atoms. The van der Waals surface area contributed by atoms with Gasteiger partial charge in [-0.3, -0.25) is 0 Å². The molecule has 1 aliphatic heterocycles. The van der Waals surface area contributed by atoms with Crippen LogP contribution in [-0.4, -0.2) is 56.5 Å². The number of rotatable bonds is 5. The molecule has 0 amide bonds. The van der Waals surface area contributed by atoms with Crippen LogP contribution in [0.15, 0.2) is 18.2 Å². The summed E-state index contributed by atoms with van der Waals surface area (Å²) in [5.41, 5.74) is 2.49. The summed E-state index contributed by atoms with van der Waals surface area (Å²) in [6.07, 6.45) is 0.971. The molecule has 1 aliphatic rings. The first-order valence-electron chi connectivity index (χ1n) is 7.64. The minimum Gasteiger partial charge on any atom is -0.385 e. The van der Waals surface area contributed by atoms with Gasteiger partial charge in [0.25, 0.3) is 0 Å². The summed E-state index contributed by atoms with van der Waals surface area (Å²) in [6, 6.07) is 6.07. The van der Waals surface area contributed by atoms with E-state index >= 15 is 0 Å². The Bertz CT molecular complexity index is 504. The van der Waals surface area contributed by atoms with Crippen molar-refractivity contribution in [1.82, 2.24) is 10.2 Å². The molecule has 0 aromatic heterocycles. The number of benzene rings is 1. The van der Waals surface area contributed by atoms with Crippen LogP contribution >= 0.6 is 23.8 Å². The first-order chi connectivity index (χ1) is 10.6. The van der Waals surface area contributed by atoms with Crippen molar-refractivity contribution in [1.29, 1.82) is 0 Å². The Labute approximate surface area is 143 Å². The third-order valence-electron chi connectivity index (χ3n) is 3.88. The number of hydrogen-bond acceptors (Lipinski definition) is 3. The molecule has 0 atom stereocenters. The molecule has 0 radical (unpaired) electrons. The predicted octanol–water partition coefficient (Wildman–Crippen LogP) is 2.68. The number of hydrogen-bond donors (Lipinski definition) is 1. The maximum Gasteiger partial charge on any atom is 0.169 e. The third-order valence-corrected chi connectivity index (χ3v) is 4.52. The largest absolute Gasteiger partial charge is 0.385 e. The van der Waals surface area contributed by atoms with Crippen LogP contribution in [0.25, 0.3) is 0 Å². The van der Waals surface area contributed by atoms with Gasteiger partial charge < -0.3 is 19.9 Å². The molecule has 1 fully saturated rings. The highest BCUT2D eigenvalue weighted by Gasteiger charge is 2.20. The molecule has 1 heterocycles. The normalized spacial score (nSPS) is 15.0. The Balaban J connectivity index is 1.82. The number of halogens is 1. The van der Waals surface area contributed by atoms with Gasteiger partial charge in [0, 0.05) is 57.2 Å². The van der Waals surface area contributed by atoms with Crippen molar-refractivity contribution in [2.45, 2.75) is 13.3 Å². The second-order valence-electron chi connectivity index (χ2n) is 5.48. The zero-order valence-electron chi connectivity index (χ0n) is 13.3. The van der Waals surface area contributed by atoms with E-state index in [1.165, 1.54) is 11.3 Å². The zero-order valence-corrected chi connectivity index (χ0v) is 14.8. The van der Waals surface area contributed by atoms with Gasteiger partial charge in [0.1, 0.15) is 0 Å². The van der Waals surface area contributed by atoms with Crippen molar-refractivity contribution in [2.24, 2.45) is 0 Å². The molecule has 4 nitrogen and oxygen atoms in total. The van der Waals surface area contributed by atoms with E-state index in [0.717, 1.165) is 55.9 Å². The van der Waals surface area contributed by atoms with Gasteiger partial charge in [0.15, 0.2) is 5.11 Å². The van der Waals surface area contributed by atoms with Crippen LogP contribution in [0, 0.1) is 6.92 Å². The molecule has 1 aromatic rings. The van der Waals surface area contributed by atoms with Crippen molar-refractivity contribution in [3.8, 4) is 0 Å². The van der Waals surface area contributed by atoms with E-state index in [4.69, 9.17) is 28.6 Å². The summed E-state index contributed by atoms with van der Waals surface area (Å²) in [6.45, 7) is 7.53. The average Bonchev–Trinajstić information content (AvgIpc) is 2.54. The van der Waals surface area contributed by atoms with Gasteiger partial charge >= 0.3 is 0 Å². The number of aryl methyl sites for hydroxylation is 1. The standard InChI is InChI=1S/C16H24ClN3OS/c1-13-4-5-14(17)12-15(13)19-7-9-20(10-8-19)16(22)18-6-3-11-21-2/h4-5,12H,3,6-11H2,1-2H3,(H,18,22). The van der Waals surface area contributed by atoms with Crippen LogP contribution in [0.3, 0.4) is 0 Å². The highest BCUT2D eigenvalue weighted by molar-refractivity contribution is 7.80. The topological polar surface area (TPSA) is 27.7 Å². The van der Waals surface area contributed by atoms with Gasteiger partial charge in [-0.25, -0.2) is 0 Å². The van der Waals surface area contributed by atoms with E-state index < -0.39 is 0 Å². The van der Waals surface area contributed by atoms with Gasteiger partial charge in [-0.1, -0.05) is 17.7 Å². The quantitative estimate of drug-likeness (QED) is 0.656. The molecule has 0 aliphatic carbocycles. The average molecular weight is 342 g/mol. The number of nitrogens with one attached hydrogen (secondary N) is 1. The highest BCUT2D eigenvalue weighted by atomic mass is 35.5. The zero-order chi connectivity index (χ0) is 15.9. The summed E-state index contributed by atoms with van der Waals surface area (Å²) in [5.74, 6) is 0. The molecule has 1 N–H and O–H groups in total. The van der Waals surface area contributed by atoms with Gasteiger partial charge in [-0.15, -0.1) is 0 Å². The summed E-state index contributed by atoms with van der Waals surface area (Å²) < 4.78 is 5.04. The smallest absolute Gasteiger partial charge is 0.169 e. The van der Waals surface area contributed by atoms with E-state index in [1.54, 1.807) is 7.11 Å². The second-order valence-corrected chi connectivity index (χ2v) is 6.31. The lowest BCUT2D eigenvalue weighted by atomic mass is 10.1. The van der Waals surface area contributed by atoms with E-state index in [9.17, 15) is 0 Å². The molecular formula is C16H24ClN3OS. The van der Waals surface area contributed by atoms with Gasteiger partial charge in [0.05, 0.1) is 0 Å². The van der Waals surface area contributed by atoms with E-state index in [0.29, 0.717) is 0 Å². The SMILES string of the molecule is COCCCNC(=S)N1CCN(c2cc(Cl)ccc2C)CC1. The molecule has 6 heteroatoms. The van der Waals surface area contributed by atoms with Crippen molar-refractivity contribution in [3.05, 3.63) is 28.8 Å². The minimum atomic E-state index is 0.761. The Morgan fingerprint density at radius 2 is 2.05 bits per heavy atom. The lowest BCUT2D eigenvalue weighted by Crippen LogP contribution is -2.52. The molecule has 0 spiro atoms. The lowest BCUT2D eigenvalue weighted by molar-refractivity contribution is 0.195. The maximum atomic E-state index is 6.12. The molecular weight excluding hydrogens is 318 g/mol. The molecule has 2 rings (SSSR count). The molecule has 1 aromatic carbocycles. The van der Waals surface area contributed by atoms with Gasteiger partial charge in [-0.2, -0.15) is 0 Å². The second kappa shape index (κ2) is 8.56. The number of thiocarbonyl (C=S) groups is 1. The summed E-state index contributed by atoms with van der Waals surface area (Å²) in [7, 11) is 1.72. The van der Waals surface area contributed by atoms with Crippen molar-refractivity contribution in [2.75, 3.05) is 51.3 Å². The molecule has 0 saturated carbocycles. The first-order valence-corrected chi connectivity index (χ1v) is 8.43. The number of piperazine rings is 1. The van der Waals surface area contributed by atoms with Crippen LogP contribution < -0.4 is 10.2 Å². The Hall–Kier alpha value is -1.04. The van der Waals surface area contributed by atoms with Crippen molar-refractivity contribution in [3.63, 3.8) is 0 Å². The van der Waals surface area contributed by atoms with Crippen LogP contribution in [0.2, 0.25) is 5.02 Å².